The van der Waals surface area contributed by atoms with Crippen LogP contribution in [0, 0.1) is 17.3 Å². The quantitative estimate of drug-likeness (QED) is 0.873. The van der Waals surface area contributed by atoms with Crippen LogP contribution in [-0.2, 0) is 4.79 Å². The van der Waals surface area contributed by atoms with Gasteiger partial charge in [-0.15, -0.1) is 5.10 Å². The van der Waals surface area contributed by atoms with Crippen LogP contribution < -0.4 is 10.1 Å². The summed E-state index contributed by atoms with van der Waals surface area (Å²) in [5.41, 5.74) is 0.381. The van der Waals surface area contributed by atoms with Gasteiger partial charge in [0, 0.05) is 5.56 Å². The Bertz CT molecular complexity index is 796. The summed E-state index contributed by atoms with van der Waals surface area (Å²) in [6.07, 6.45) is 6.31. The van der Waals surface area contributed by atoms with Gasteiger partial charge in [-0.1, -0.05) is 24.2 Å². The van der Waals surface area contributed by atoms with Crippen LogP contribution in [0.5, 0.6) is 5.75 Å². The van der Waals surface area contributed by atoms with Gasteiger partial charge in [-0.3, -0.25) is 10.1 Å². The lowest BCUT2D eigenvalue weighted by molar-refractivity contribution is -0.126. The molecule has 24 heavy (non-hydrogen) atoms. The lowest BCUT2D eigenvalue weighted by Gasteiger charge is -2.28. The number of benzene rings is 1. The highest BCUT2D eigenvalue weighted by molar-refractivity contribution is 5.94. The van der Waals surface area contributed by atoms with E-state index in [1.165, 1.54) is 0 Å². The summed E-state index contributed by atoms with van der Waals surface area (Å²) in [6.45, 7) is 2.01. The molecule has 1 N–H and O–H groups in total. The number of nitrogens with one attached hydrogen (secondary N) is 1. The number of rotatable bonds is 4. The number of nitrogens with zero attached hydrogens (tertiary/aromatic N) is 2. The number of allylic oxidation sites excluding steroid dienone is 2. The van der Waals surface area contributed by atoms with Crippen molar-refractivity contribution in [3.8, 4) is 17.2 Å². The van der Waals surface area contributed by atoms with Crippen LogP contribution in [0.3, 0.4) is 0 Å². The zero-order valence-electron chi connectivity index (χ0n) is 13.7. The number of aromatic nitrogens is 2. The molecule has 1 heterocycles. The van der Waals surface area contributed by atoms with Crippen LogP contribution in [0.15, 0.2) is 40.8 Å². The Morgan fingerprint density at radius 1 is 1.29 bits per heavy atom. The smallest absolute Gasteiger partial charge is 0.322 e. The minimum atomic E-state index is -0.395. The highest BCUT2D eigenvalue weighted by Gasteiger charge is 2.50. The molecule has 0 aliphatic heterocycles. The van der Waals surface area contributed by atoms with Gasteiger partial charge in [0.25, 0.3) is 0 Å². The van der Waals surface area contributed by atoms with Crippen LogP contribution in [-0.4, -0.2) is 23.2 Å². The first-order valence-electron chi connectivity index (χ1n) is 8.06. The summed E-state index contributed by atoms with van der Waals surface area (Å²) < 4.78 is 10.7. The Morgan fingerprint density at radius 2 is 2.08 bits per heavy atom. The molecular formula is C18H19N3O3. The first-order chi connectivity index (χ1) is 11.6. The molecule has 2 bridgehead atoms. The molecule has 124 valence electrons. The fourth-order valence-corrected chi connectivity index (χ4v) is 3.72. The molecule has 0 saturated heterocycles. The minimum absolute atomic E-state index is 0.0516. The molecule has 0 unspecified atom stereocenters. The standard InChI is InChI=1S/C18H19N3O3/c1-18(10-11-3-6-13(18)9-11)16(22)19-17-21-20-15(24-17)12-4-7-14(23-2)8-5-12/h3-8,11,13H,9-10H2,1-2H3,(H,19,21,22)/t11-,13-,18+/m0/s1. The molecular weight excluding hydrogens is 306 g/mol. The Kier molecular flexibility index (Phi) is 3.40. The molecule has 0 radical (unpaired) electrons. The third-order valence-corrected chi connectivity index (χ3v) is 5.18. The van der Waals surface area contributed by atoms with E-state index in [0.717, 1.165) is 24.2 Å². The van der Waals surface area contributed by atoms with Crippen LogP contribution >= 0.6 is 0 Å². The second-order valence-corrected chi connectivity index (χ2v) is 6.70. The van der Waals surface area contributed by atoms with Crippen LogP contribution in [0.4, 0.5) is 6.01 Å². The number of carbonyl (C=O) groups is 1. The fourth-order valence-electron chi connectivity index (χ4n) is 3.72. The monoisotopic (exact) mass is 325 g/mol. The predicted octanol–water partition coefficient (Wildman–Crippen LogP) is 3.29. The minimum Gasteiger partial charge on any atom is -0.497 e. The molecule has 1 aromatic heterocycles. The van der Waals surface area contributed by atoms with Gasteiger partial charge in [0.1, 0.15) is 5.75 Å². The van der Waals surface area contributed by atoms with Crippen molar-refractivity contribution in [1.82, 2.24) is 10.2 Å². The van der Waals surface area contributed by atoms with Gasteiger partial charge >= 0.3 is 6.01 Å². The van der Waals surface area contributed by atoms with E-state index < -0.39 is 5.41 Å². The molecule has 1 fully saturated rings. The van der Waals surface area contributed by atoms with Crippen molar-refractivity contribution in [3.05, 3.63) is 36.4 Å². The molecule has 2 aromatic rings. The van der Waals surface area contributed by atoms with E-state index in [4.69, 9.17) is 9.15 Å². The fraction of sp³-hybridized carbons (Fsp3) is 0.389. The summed E-state index contributed by atoms with van der Waals surface area (Å²) in [5, 5.41) is 10.7. The second-order valence-electron chi connectivity index (χ2n) is 6.70. The molecule has 3 atom stereocenters. The first-order valence-corrected chi connectivity index (χ1v) is 8.06. The number of anilines is 1. The summed E-state index contributed by atoms with van der Waals surface area (Å²) in [5.74, 6) is 1.88. The predicted molar refractivity (Wildman–Crippen MR) is 88.4 cm³/mol. The number of amides is 1. The average Bonchev–Trinajstić information content (AvgIpc) is 3.31. The first kappa shape index (κ1) is 14.9. The summed E-state index contributed by atoms with van der Waals surface area (Å²) in [4.78, 5) is 12.7. The van der Waals surface area contributed by atoms with Gasteiger partial charge in [-0.05, 0) is 48.9 Å². The number of methoxy groups -OCH3 is 1. The number of ether oxygens (including phenoxy) is 1. The van der Waals surface area contributed by atoms with Crippen LogP contribution in [0.2, 0.25) is 0 Å². The van der Waals surface area contributed by atoms with E-state index in [2.05, 4.69) is 27.7 Å². The van der Waals surface area contributed by atoms with Gasteiger partial charge in [-0.25, -0.2) is 0 Å². The van der Waals surface area contributed by atoms with E-state index in [0.29, 0.717) is 17.7 Å². The highest BCUT2D eigenvalue weighted by atomic mass is 16.5. The second kappa shape index (κ2) is 5.47. The Labute approximate surface area is 139 Å². The van der Waals surface area contributed by atoms with Gasteiger partial charge in [0.15, 0.2) is 0 Å². The number of fused-ring (bicyclic) bond motifs is 2. The van der Waals surface area contributed by atoms with E-state index in [-0.39, 0.29) is 11.9 Å². The summed E-state index contributed by atoms with van der Waals surface area (Å²) in [6, 6.07) is 7.44. The van der Waals surface area contributed by atoms with E-state index in [1.807, 2.05) is 31.2 Å². The number of hydrogen-bond acceptors (Lipinski definition) is 5. The largest absolute Gasteiger partial charge is 0.497 e. The topological polar surface area (TPSA) is 77.3 Å². The summed E-state index contributed by atoms with van der Waals surface area (Å²) in [7, 11) is 1.61. The van der Waals surface area contributed by atoms with Gasteiger partial charge in [-0.2, -0.15) is 0 Å². The third kappa shape index (κ3) is 2.38. The molecule has 2 aliphatic rings. The maximum absolute atomic E-state index is 12.7. The Hall–Kier alpha value is -2.63. The van der Waals surface area contributed by atoms with Crippen molar-refractivity contribution in [3.63, 3.8) is 0 Å². The van der Waals surface area contributed by atoms with Gasteiger partial charge in [0.2, 0.25) is 11.8 Å². The normalized spacial score (nSPS) is 27.4. The van der Waals surface area contributed by atoms with E-state index in [9.17, 15) is 4.79 Å². The Morgan fingerprint density at radius 3 is 2.71 bits per heavy atom. The average molecular weight is 325 g/mol. The molecule has 6 heteroatoms. The van der Waals surface area contributed by atoms with Crippen molar-refractivity contribution >= 4 is 11.9 Å². The van der Waals surface area contributed by atoms with Crippen molar-refractivity contribution < 1.29 is 13.9 Å². The SMILES string of the molecule is COc1ccc(-c2nnc(NC(=O)[C@]3(C)C[C@H]4C=C[C@H]3C4)o2)cc1. The molecule has 4 rings (SSSR count). The van der Waals surface area contributed by atoms with Crippen LogP contribution in [0.25, 0.3) is 11.5 Å². The lowest BCUT2D eigenvalue weighted by atomic mass is 9.77. The molecule has 1 saturated carbocycles. The van der Waals surface area contributed by atoms with E-state index in [1.54, 1.807) is 7.11 Å². The van der Waals surface area contributed by atoms with E-state index >= 15 is 0 Å². The summed E-state index contributed by atoms with van der Waals surface area (Å²) >= 11 is 0. The van der Waals surface area contributed by atoms with Crippen molar-refractivity contribution in [2.45, 2.75) is 19.8 Å². The van der Waals surface area contributed by atoms with Crippen molar-refractivity contribution in [2.75, 3.05) is 12.4 Å². The lowest BCUT2D eigenvalue weighted by Crippen LogP contribution is -2.37. The molecule has 0 spiro atoms. The molecule has 6 nitrogen and oxygen atoms in total. The Balaban J connectivity index is 1.49. The number of hydrogen-bond donors (Lipinski definition) is 1. The zero-order valence-corrected chi connectivity index (χ0v) is 13.7. The number of carbonyl (C=O) groups excluding carboxylic acids is 1. The maximum Gasteiger partial charge on any atom is 0.322 e. The van der Waals surface area contributed by atoms with Crippen molar-refractivity contribution in [1.29, 1.82) is 0 Å². The molecule has 1 aromatic carbocycles. The third-order valence-electron chi connectivity index (χ3n) is 5.18. The van der Waals surface area contributed by atoms with Gasteiger partial charge < -0.3 is 9.15 Å². The van der Waals surface area contributed by atoms with Gasteiger partial charge in [0.05, 0.1) is 12.5 Å². The van der Waals surface area contributed by atoms with Crippen molar-refractivity contribution in [2.24, 2.45) is 17.3 Å². The maximum atomic E-state index is 12.7. The molecule has 1 amide bonds. The molecule has 2 aliphatic carbocycles. The highest BCUT2D eigenvalue weighted by Crippen LogP contribution is 2.52. The van der Waals surface area contributed by atoms with Crippen LogP contribution in [0.1, 0.15) is 19.8 Å². The zero-order chi connectivity index (χ0) is 16.7.